The van der Waals surface area contributed by atoms with Crippen LogP contribution in [0.5, 0.6) is 0 Å². The Labute approximate surface area is 119 Å². The molecule has 1 aliphatic rings. The Morgan fingerprint density at radius 1 is 1.25 bits per heavy atom. The Morgan fingerprint density at radius 2 is 2.00 bits per heavy atom. The van der Waals surface area contributed by atoms with Gasteiger partial charge < -0.3 is 10.2 Å². The second-order valence-electron chi connectivity index (χ2n) is 5.37. The normalized spacial score (nSPS) is 16.6. The van der Waals surface area contributed by atoms with E-state index < -0.39 is 0 Å². The minimum Gasteiger partial charge on any atom is -0.371 e. The van der Waals surface area contributed by atoms with Gasteiger partial charge in [-0.05, 0) is 25.0 Å². The number of hydrogen-bond donors (Lipinski definition) is 1. The van der Waals surface area contributed by atoms with Gasteiger partial charge in [0.25, 0.3) is 0 Å². The minimum absolute atomic E-state index is 0.605. The van der Waals surface area contributed by atoms with Gasteiger partial charge in [0.05, 0.1) is 6.20 Å². The standard InChI is InChI=1S/C15H21N5/c1-19-12-13(11-18-19)10-17-14-4-8-20(9-5-14)15-2-6-16-7-3-15/h2-3,6-7,11-12,14,17H,4-5,8-10H2,1H3. The summed E-state index contributed by atoms with van der Waals surface area (Å²) in [4.78, 5) is 6.51. The average Bonchev–Trinajstić information content (AvgIpc) is 2.92. The largest absolute Gasteiger partial charge is 0.371 e. The maximum atomic E-state index is 4.19. The highest BCUT2D eigenvalue weighted by Crippen LogP contribution is 2.19. The molecule has 20 heavy (non-hydrogen) atoms. The monoisotopic (exact) mass is 271 g/mol. The Balaban J connectivity index is 1.47. The highest BCUT2D eigenvalue weighted by atomic mass is 15.2. The van der Waals surface area contributed by atoms with Crippen LogP contribution in [0.1, 0.15) is 18.4 Å². The molecule has 5 nitrogen and oxygen atoms in total. The molecule has 1 aliphatic heterocycles. The van der Waals surface area contributed by atoms with Crippen molar-refractivity contribution in [2.24, 2.45) is 7.05 Å². The minimum atomic E-state index is 0.605. The molecule has 0 saturated carbocycles. The van der Waals surface area contributed by atoms with Crippen molar-refractivity contribution < 1.29 is 0 Å². The molecule has 3 heterocycles. The summed E-state index contributed by atoms with van der Waals surface area (Å²) in [6, 6.07) is 4.78. The van der Waals surface area contributed by atoms with Gasteiger partial charge in [-0.1, -0.05) is 0 Å². The zero-order valence-corrected chi connectivity index (χ0v) is 11.9. The van der Waals surface area contributed by atoms with Crippen LogP contribution in [-0.4, -0.2) is 33.9 Å². The van der Waals surface area contributed by atoms with Gasteiger partial charge in [-0.25, -0.2) is 0 Å². The lowest BCUT2D eigenvalue weighted by atomic mass is 10.0. The van der Waals surface area contributed by atoms with E-state index >= 15 is 0 Å². The van der Waals surface area contributed by atoms with E-state index in [1.165, 1.54) is 24.1 Å². The van der Waals surface area contributed by atoms with Gasteiger partial charge >= 0.3 is 0 Å². The second-order valence-corrected chi connectivity index (χ2v) is 5.37. The van der Waals surface area contributed by atoms with Crippen molar-refractivity contribution in [3.63, 3.8) is 0 Å². The second kappa shape index (κ2) is 6.05. The molecule has 3 rings (SSSR count). The molecular weight excluding hydrogens is 250 g/mol. The van der Waals surface area contributed by atoms with E-state index in [0.717, 1.165) is 19.6 Å². The highest BCUT2D eigenvalue weighted by molar-refractivity contribution is 5.44. The Hall–Kier alpha value is -1.88. The Bertz CT molecular complexity index is 528. The molecule has 0 amide bonds. The maximum absolute atomic E-state index is 4.19. The summed E-state index contributed by atoms with van der Waals surface area (Å²) in [7, 11) is 1.96. The topological polar surface area (TPSA) is 46.0 Å². The van der Waals surface area contributed by atoms with Crippen molar-refractivity contribution in [1.82, 2.24) is 20.1 Å². The van der Waals surface area contributed by atoms with Gasteiger partial charge in [0.15, 0.2) is 0 Å². The van der Waals surface area contributed by atoms with Crippen molar-refractivity contribution >= 4 is 5.69 Å². The Kier molecular flexibility index (Phi) is 3.97. The number of piperidine rings is 1. The van der Waals surface area contributed by atoms with E-state index in [1.807, 2.05) is 30.3 Å². The van der Waals surface area contributed by atoms with Crippen molar-refractivity contribution in [3.8, 4) is 0 Å². The van der Waals surface area contributed by atoms with Gasteiger partial charge in [0, 0.05) is 62.6 Å². The van der Waals surface area contributed by atoms with Gasteiger partial charge in [-0.15, -0.1) is 0 Å². The third kappa shape index (κ3) is 3.17. The summed E-state index contributed by atoms with van der Waals surface area (Å²) in [6.07, 6.45) is 10.1. The van der Waals surface area contributed by atoms with Crippen molar-refractivity contribution in [2.75, 3.05) is 18.0 Å². The number of aromatic nitrogens is 3. The van der Waals surface area contributed by atoms with E-state index in [4.69, 9.17) is 0 Å². The molecule has 0 aliphatic carbocycles. The fourth-order valence-corrected chi connectivity index (χ4v) is 2.72. The summed E-state index contributed by atoms with van der Waals surface area (Å²) in [6.45, 7) is 3.12. The van der Waals surface area contributed by atoms with E-state index in [-0.39, 0.29) is 0 Å². The highest BCUT2D eigenvalue weighted by Gasteiger charge is 2.18. The van der Waals surface area contributed by atoms with E-state index in [1.54, 1.807) is 0 Å². The number of hydrogen-bond acceptors (Lipinski definition) is 4. The summed E-state index contributed by atoms with van der Waals surface area (Å²) in [5.41, 5.74) is 2.54. The molecule has 1 saturated heterocycles. The van der Waals surface area contributed by atoms with Gasteiger partial charge in [0.1, 0.15) is 0 Å². The van der Waals surface area contributed by atoms with Crippen LogP contribution in [0, 0.1) is 0 Å². The molecule has 0 aromatic carbocycles. The number of rotatable bonds is 4. The van der Waals surface area contributed by atoms with Crippen LogP contribution in [0.2, 0.25) is 0 Å². The smallest absolute Gasteiger partial charge is 0.0534 e. The fraction of sp³-hybridized carbons (Fsp3) is 0.467. The third-order valence-corrected chi connectivity index (χ3v) is 3.88. The van der Waals surface area contributed by atoms with Gasteiger partial charge in [0.2, 0.25) is 0 Å². The first-order valence-electron chi connectivity index (χ1n) is 7.17. The number of anilines is 1. The first-order valence-corrected chi connectivity index (χ1v) is 7.17. The van der Waals surface area contributed by atoms with Crippen LogP contribution in [0.15, 0.2) is 36.9 Å². The molecule has 0 unspecified atom stereocenters. The van der Waals surface area contributed by atoms with Crippen LogP contribution < -0.4 is 10.2 Å². The lowest BCUT2D eigenvalue weighted by Gasteiger charge is -2.34. The molecule has 106 valence electrons. The number of aryl methyl sites for hydroxylation is 1. The zero-order valence-electron chi connectivity index (χ0n) is 11.9. The van der Waals surface area contributed by atoms with E-state index in [9.17, 15) is 0 Å². The lowest BCUT2D eigenvalue weighted by molar-refractivity contribution is 0.414. The molecule has 1 N–H and O–H groups in total. The summed E-state index contributed by atoms with van der Waals surface area (Å²) in [5, 5.41) is 7.83. The number of nitrogens with one attached hydrogen (secondary N) is 1. The number of pyridine rings is 1. The van der Waals surface area contributed by atoms with Crippen molar-refractivity contribution in [1.29, 1.82) is 0 Å². The molecule has 0 bridgehead atoms. The molecule has 0 atom stereocenters. The third-order valence-electron chi connectivity index (χ3n) is 3.88. The lowest BCUT2D eigenvalue weighted by Crippen LogP contribution is -2.42. The summed E-state index contributed by atoms with van der Waals surface area (Å²) in [5.74, 6) is 0. The summed E-state index contributed by atoms with van der Waals surface area (Å²) >= 11 is 0. The molecule has 2 aromatic rings. The van der Waals surface area contributed by atoms with E-state index in [2.05, 4.69) is 38.6 Å². The first kappa shape index (κ1) is 13.1. The predicted octanol–water partition coefficient (Wildman–Crippen LogP) is 1.57. The number of nitrogens with zero attached hydrogens (tertiary/aromatic N) is 4. The first-order chi connectivity index (χ1) is 9.81. The SMILES string of the molecule is Cn1cc(CNC2CCN(c3ccncc3)CC2)cn1. The Morgan fingerprint density at radius 3 is 2.65 bits per heavy atom. The van der Waals surface area contributed by atoms with Crippen molar-refractivity contribution in [3.05, 3.63) is 42.5 Å². The summed E-state index contributed by atoms with van der Waals surface area (Å²) < 4.78 is 1.85. The molecule has 0 spiro atoms. The van der Waals surface area contributed by atoms with Gasteiger partial charge in [-0.3, -0.25) is 9.67 Å². The molecule has 5 heteroatoms. The van der Waals surface area contributed by atoms with Crippen LogP contribution in [0.4, 0.5) is 5.69 Å². The van der Waals surface area contributed by atoms with Crippen LogP contribution in [0.3, 0.4) is 0 Å². The molecule has 2 aromatic heterocycles. The van der Waals surface area contributed by atoms with Crippen LogP contribution >= 0.6 is 0 Å². The molecular formula is C15H21N5. The quantitative estimate of drug-likeness (QED) is 0.917. The zero-order chi connectivity index (χ0) is 13.8. The molecule has 0 radical (unpaired) electrons. The van der Waals surface area contributed by atoms with E-state index in [0.29, 0.717) is 6.04 Å². The van der Waals surface area contributed by atoms with Gasteiger partial charge in [-0.2, -0.15) is 5.10 Å². The predicted molar refractivity (Wildman–Crippen MR) is 79.5 cm³/mol. The fourth-order valence-electron chi connectivity index (χ4n) is 2.72. The molecule has 1 fully saturated rings. The van der Waals surface area contributed by atoms with Crippen molar-refractivity contribution in [2.45, 2.75) is 25.4 Å². The average molecular weight is 271 g/mol. The maximum Gasteiger partial charge on any atom is 0.0534 e. The van der Waals surface area contributed by atoms with Crippen LogP contribution in [-0.2, 0) is 13.6 Å². The van der Waals surface area contributed by atoms with Crippen LogP contribution in [0.25, 0.3) is 0 Å².